The van der Waals surface area contributed by atoms with Crippen LogP contribution in [0.1, 0.15) is 33.3 Å². The van der Waals surface area contributed by atoms with Crippen LogP contribution in [0.25, 0.3) is 17.0 Å². The Morgan fingerprint density at radius 1 is 1.12 bits per heavy atom. The van der Waals surface area contributed by atoms with Gasteiger partial charge in [0.2, 0.25) is 0 Å². The molecule has 4 nitrogen and oxygen atoms in total. The second kappa shape index (κ2) is 6.32. The maximum atomic E-state index is 6.21. The zero-order valence-electron chi connectivity index (χ0n) is 15.1. The van der Waals surface area contributed by atoms with Crippen molar-refractivity contribution in [2.24, 2.45) is 0 Å². The van der Waals surface area contributed by atoms with E-state index in [1.165, 1.54) is 0 Å². The number of para-hydroxylation sites is 1. The van der Waals surface area contributed by atoms with Crippen LogP contribution in [0.5, 0.6) is 0 Å². The lowest BCUT2D eigenvalue weighted by molar-refractivity contribution is 0.00578. The van der Waals surface area contributed by atoms with Crippen LogP contribution < -0.4 is 5.32 Å². The van der Waals surface area contributed by atoms with Crippen molar-refractivity contribution >= 4 is 24.1 Å². The molecule has 1 fully saturated rings. The number of nitrogens with one attached hydrogen (secondary N) is 1. The fraction of sp³-hybridized carbons (Fsp3) is 0.421. The summed E-state index contributed by atoms with van der Waals surface area (Å²) in [4.78, 5) is 4.53. The largest absolute Gasteiger partial charge is 0.491 e. The van der Waals surface area contributed by atoms with Crippen LogP contribution in [0.2, 0.25) is 0 Å². The Hall–Kier alpha value is -1.69. The van der Waals surface area contributed by atoms with Crippen molar-refractivity contribution in [1.29, 1.82) is 0 Å². The lowest BCUT2D eigenvalue weighted by atomic mass is 9.77. The van der Waals surface area contributed by atoms with Gasteiger partial charge in [-0.3, -0.25) is 4.98 Å². The lowest BCUT2D eigenvalue weighted by Crippen LogP contribution is -2.41. The second-order valence-corrected chi connectivity index (χ2v) is 7.26. The van der Waals surface area contributed by atoms with Crippen LogP contribution in [0.3, 0.4) is 0 Å². The van der Waals surface area contributed by atoms with E-state index in [0.717, 1.165) is 21.9 Å². The molecule has 0 atom stereocenters. The fourth-order valence-corrected chi connectivity index (χ4v) is 2.84. The van der Waals surface area contributed by atoms with Crippen molar-refractivity contribution in [3.05, 3.63) is 47.6 Å². The van der Waals surface area contributed by atoms with Crippen LogP contribution in [0.15, 0.2) is 42.0 Å². The Morgan fingerprint density at radius 2 is 1.79 bits per heavy atom. The Bertz CT molecular complexity index is 750. The third-order valence-electron chi connectivity index (χ3n) is 4.94. The summed E-state index contributed by atoms with van der Waals surface area (Å²) in [6.45, 7) is 8.99. The van der Waals surface area contributed by atoms with Crippen LogP contribution in [-0.2, 0) is 9.31 Å². The summed E-state index contributed by atoms with van der Waals surface area (Å²) in [6, 6.07) is 10.2. The highest BCUT2D eigenvalue weighted by Crippen LogP contribution is 2.38. The highest BCUT2D eigenvalue weighted by molar-refractivity contribution is 6.56. The standard InChI is InChI=1S/C19H25BN2O2/c1-18(2)19(3,4)24-20(23-18)16(13-21-5)12-15-9-6-8-14-10-7-11-22-17(14)15/h6-12,21H,13H2,1-5H3. The minimum Gasteiger partial charge on any atom is -0.400 e. The molecule has 126 valence electrons. The Labute approximate surface area is 144 Å². The van der Waals surface area contributed by atoms with Gasteiger partial charge in [0.1, 0.15) is 0 Å². The Kier molecular flexibility index (Phi) is 4.51. The maximum Gasteiger partial charge on any atom is 0.491 e. The van der Waals surface area contributed by atoms with Crippen molar-refractivity contribution in [3.8, 4) is 0 Å². The number of fused-ring (bicyclic) bond motifs is 1. The number of pyridine rings is 1. The highest BCUT2D eigenvalue weighted by Gasteiger charge is 2.52. The van der Waals surface area contributed by atoms with E-state index in [-0.39, 0.29) is 18.3 Å². The first-order valence-electron chi connectivity index (χ1n) is 8.38. The molecule has 24 heavy (non-hydrogen) atoms. The van der Waals surface area contributed by atoms with Crippen molar-refractivity contribution in [2.45, 2.75) is 38.9 Å². The SMILES string of the molecule is CNCC(=Cc1cccc2cccnc12)B1OC(C)(C)C(C)(C)O1. The average Bonchev–Trinajstić information content (AvgIpc) is 2.75. The molecule has 1 aliphatic rings. The minimum absolute atomic E-state index is 0.346. The van der Waals surface area contributed by atoms with Gasteiger partial charge in [0.05, 0.1) is 16.7 Å². The van der Waals surface area contributed by atoms with Crippen molar-refractivity contribution < 1.29 is 9.31 Å². The first-order chi connectivity index (χ1) is 11.3. The molecule has 5 heteroatoms. The van der Waals surface area contributed by atoms with Crippen molar-refractivity contribution in [3.63, 3.8) is 0 Å². The molecule has 1 aromatic carbocycles. The van der Waals surface area contributed by atoms with Crippen molar-refractivity contribution in [1.82, 2.24) is 10.3 Å². The molecule has 3 rings (SSSR count). The van der Waals surface area contributed by atoms with Crippen molar-refractivity contribution in [2.75, 3.05) is 13.6 Å². The summed E-state index contributed by atoms with van der Waals surface area (Å²) >= 11 is 0. The third kappa shape index (κ3) is 3.12. The maximum absolute atomic E-state index is 6.21. The molecular weight excluding hydrogens is 299 g/mol. The van der Waals surface area contributed by atoms with E-state index in [9.17, 15) is 0 Å². The van der Waals surface area contributed by atoms with Crippen LogP contribution in [-0.4, -0.2) is 36.9 Å². The number of benzene rings is 1. The summed E-state index contributed by atoms with van der Waals surface area (Å²) in [6.07, 6.45) is 3.96. The summed E-state index contributed by atoms with van der Waals surface area (Å²) in [5.74, 6) is 0. The van der Waals surface area contributed by atoms with Gasteiger partial charge >= 0.3 is 7.12 Å². The van der Waals surface area contributed by atoms with Gasteiger partial charge in [-0.2, -0.15) is 0 Å². The van der Waals surface area contributed by atoms with Gasteiger partial charge in [0.15, 0.2) is 0 Å². The molecule has 1 N–H and O–H groups in total. The smallest absolute Gasteiger partial charge is 0.400 e. The molecule has 0 radical (unpaired) electrons. The predicted octanol–water partition coefficient (Wildman–Crippen LogP) is 3.47. The van der Waals surface area contributed by atoms with Gasteiger partial charge in [-0.25, -0.2) is 0 Å². The monoisotopic (exact) mass is 324 g/mol. The fourth-order valence-electron chi connectivity index (χ4n) is 2.84. The van der Waals surface area contributed by atoms with E-state index in [4.69, 9.17) is 9.31 Å². The molecule has 2 heterocycles. The molecule has 0 saturated carbocycles. The van der Waals surface area contributed by atoms with Gasteiger partial charge in [0.25, 0.3) is 0 Å². The molecule has 1 aliphatic heterocycles. The molecule has 2 aromatic rings. The molecule has 1 saturated heterocycles. The lowest BCUT2D eigenvalue weighted by Gasteiger charge is -2.32. The summed E-state index contributed by atoms with van der Waals surface area (Å²) in [5, 5.41) is 4.35. The molecule has 1 aromatic heterocycles. The number of likely N-dealkylation sites (N-methyl/N-ethyl adjacent to an activating group) is 1. The van der Waals surface area contributed by atoms with Crippen LogP contribution >= 0.6 is 0 Å². The zero-order chi connectivity index (χ0) is 17.4. The normalized spacial score (nSPS) is 19.9. The van der Waals surface area contributed by atoms with Gasteiger partial charge in [0, 0.05) is 23.7 Å². The van der Waals surface area contributed by atoms with E-state index in [1.807, 2.05) is 19.3 Å². The third-order valence-corrected chi connectivity index (χ3v) is 4.94. The van der Waals surface area contributed by atoms with E-state index >= 15 is 0 Å². The number of aromatic nitrogens is 1. The van der Waals surface area contributed by atoms with E-state index in [2.05, 4.69) is 68.3 Å². The molecule has 0 unspecified atom stereocenters. The summed E-state index contributed by atoms with van der Waals surface area (Å²) in [7, 11) is 1.57. The van der Waals surface area contributed by atoms with Gasteiger partial charge in [-0.15, -0.1) is 0 Å². The number of rotatable bonds is 4. The Balaban J connectivity index is 2.01. The first kappa shape index (κ1) is 17.1. The molecule has 0 amide bonds. The number of nitrogens with zero attached hydrogens (tertiary/aromatic N) is 1. The van der Waals surface area contributed by atoms with E-state index in [1.54, 1.807) is 0 Å². The van der Waals surface area contributed by atoms with Gasteiger partial charge < -0.3 is 14.6 Å². The molecule has 0 spiro atoms. The predicted molar refractivity (Wildman–Crippen MR) is 99.7 cm³/mol. The molecule has 0 bridgehead atoms. The van der Waals surface area contributed by atoms with E-state index < -0.39 is 0 Å². The van der Waals surface area contributed by atoms with Gasteiger partial charge in [-0.1, -0.05) is 30.3 Å². The average molecular weight is 324 g/mol. The first-order valence-corrected chi connectivity index (χ1v) is 8.38. The van der Waals surface area contributed by atoms with E-state index in [0.29, 0.717) is 6.54 Å². The summed E-state index contributed by atoms with van der Waals surface area (Å²) < 4.78 is 12.4. The number of hydrogen-bond donors (Lipinski definition) is 1. The second-order valence-electron chi connectivity index (χ2n) is 7.26. The topological polar surface area (TPSA) is 43.4 Å². The summed E-state index contributed by atoms with van der Waals surface area (Å²) in [5.41, 5.74) is 2.44. The molecule has 0 aliphatic carbocycles. The van der Waals surface area contributed by atoms with Crippen LogP contribution in [0.4, 0.5) is 0 Å². The highest BCUT2D eigenvalue weighted by atomic mass is 16.7. The Morgan fingerprint density at radius 3 is 2.46 bits per heavy atom. The van der Waals surface area contributed by atoms with Crippen LogP contribution in [0, 0.1) is 0 Å². The van der Waals surface area contributed by atoms with Gasteiger partial charge in [-0.05, 0) is 46.3 Å². The molecular formula is C19H25BN2O2. The number of hydrogen-bond acceptors (Lipinski definition) is 4. The minimum atomic E-state index is -0.360. The zero-order valence-corrected chi connectivity index (χ0v) is 15.1. The quantitative estimate of drug-likeness (QED) is 0.875.